The summed E-state index contributed by atoms with van der Waals surface area (Å²) in [5, 5.41) is 0. The van der Waals surface area contributed by atoms with Gasteiger partial charge in [-0.1, -0.05) is 12.8 Å². The maximum absolute atomic E-state index is 5.89. The molecule has 70 valence electrons. The molecular formula is C8H18N3P. The molecule has 12 heavy (non-hydrogen) atoms. The molecule has 0 aromatic carbocycles. The highest BCUT2D eigenvalue weighted by molar-refractivity contribution is 7.13. The van der Waals surface area contributed by atoms with Crippen LogP contribution in [0.15, 0.2) is 11.4 Å². The second-order valence-electron chi connectivity index (χ2n) is 3.29. The molecule has 1 aliphatic rings. The van der Waals surface area contributed by atoms with E-state index in [0.717, 1.165) is 24.2 Å². The van der Waals surface area contributed by atoms with E-state index in [-0.39, 0.29) is 0 Å². The van der Waals surface area contributed by atoms with Crippen molar-refractivity contribution < 1.29 is 0 Å². The summed E-state index contributed by atoms with van der Waals surface area (Å²) in [6.45, 7) is 0. The molecular weight excluding hydrogens is 169 g/mol. The molecule has 1 aliphatic carbocycles. The second-order valence-corrected chi connectivity index (χ2v) is 3.85. The third kappa shape index (κ3) is 2.65. The van der Waals surface area contributed by atoms with E-state index in [2.05, 4.69) is 9.39 Å². The monoisotopic (exact) mass is 187 g/mol. The summed E-state index contributed by atoms with van der Waals surface area (Å²) in [5.41, 5.74) is 7.96. The van der Waals surface area contributed by atoms with Gasteiger partial charge >= 0.3 is 0 Å². The summed E-state index contributed by atoms with van der Waals surface area (Å²) in [6, 6.07) is 0. The van der Waals surface area contributed by atoms with Gasteiger partial charge in [0.1, 0.15) is 0 Å². The minimum absolute atomic E-state index is 0.965. The number of nitrogens with zero attached hydrogens (tertiary/aromatic N) is 1. The van der Waals surface area contributed by atoms with E-state index in [1.165, 1.54) is 25.7 Å². The Hall–Kier alpha value is -0.270. The van der Waals surface area contributed by atoms with Gasteiger partial charge in [-0.2, -0.15) is 0 Å². The van der Waals surface area contributed by atoms with Crippen LogP contribution in [0.4, 0.5) is 0 Å². The Morgan fingerprint density at radius 1 is 1.08 bits per heavy atom. The van der Waals surface area contributed by atoms with Crippen LogP contribution in [0.1, 0.15) is 38.5 Å². The zero-order valence-corrected chi connectivity index (χ0v) is 8.58. The third-order valence-electron chi connectivity index (χ3n) is 2.29. The molecule has 0 aliphatic heterocycles. The van der Waals surface area contributed by atoms with Crippen LogP contribution in [-0.4, -0.2) is 4.78 Å². The Labute approximate surface area is 76.4 Å². The van der Waals surface area contributed by atoms with E-state index in [9.17, 15) is 0 Å². The van der Waals surface area contributed by atoms with Gasteiger partial charge in [-0.15, -0.1) is 0 Å². The molecule has 0 aromatic heterocycles. The summed E-state index contributed by atoms with van der Waals surface area (Å²) in [4.78, 5) is 0. The first-order valence-corrected chi connectivity index (χ1v) is 5.00. The first-order valence-electron chi connectivity index (χ1n) is 4.49. The van der Waals surface area contributed by atoms with Crippen LogP contribution in [0.3, 0.4) is 0 Å². The van der Waals surface area contributed by atoms with Gasteiger partial charge in [0.25, 0.3) is 0 Å². The van der Waals surface area contributed by atoms with Gasteiger partial charge < -0.3 is 5.73 Å². The van der Waals surface area contributed by atoms with Gasteiger partial charge in [0.2, 0.25) is 0 Å². The van der Waals surface area contributed by atoms with Crippen molar-refractivity contribution >= 4 is 9.39 Å². The van der Waals surface area contributed by atoms with Crippen molar-refractivity contribution in [3.8, 4) is 0 Å². The van der Waals surface area contributed by atoms with Gasteiger partial charge in [0, 0.05) is 5.70 Å². The average molecular weight is 187 g/mol. The molecule has 0 bridgehead atoms. The molecule has 0 radical (unpaired) electrons. The van der Waals surface area contributed by atoms with Crippen molar-refractivity contribution in [1.82, 2.24) is 4.78 Å². The SMILES string of the molecule is N/C1=C(\N(N)P)CCCCCC1. The molecule has 0 amide bonds. The molecule has 4 N–H and O–H groups in total. The van der Waals surface area contributed by atoms with Crippen LogP contribution in [0, 0.1) is 0 Å². The summed E-state index contributed by atoms with van der Waals surface area (Å²) < 4.78 is 1.58. The van der Waals surface area contributed by atoms with Gasteiger partial charge in [-0.25, -0.2) is 5.84 Å². The standard InChI is InChI=1S/C8H18N3P/c9-7-5-3-1-2-4-6-8(7)11(10)12/h1-6,9-10,12H2/b8-7-. The minimum Gasteiger partial charge on any atom is -0.401 e. The summed E-state index contributed by atoms with van der Waals surface area (Å²) in [6.07, 6.45) is 7.03. The molecule has 0 spiro atoms. The lowest BCUT2D eigenvalue weighted by Crippen LogP contribution is -2.23. The quantitative estimate of drug-likeness (QED) is 0.371. The number of allylic oxidation sites excluding steroid dienone is 2. The van der Waals surface area contributed by atoms with Gasteiger partial charge in [0.15, 0.2) is 0 Å². The summed E-state index contributed by atoms with van der Waals surface area (Å²) in [5.74, 6) is 5.64. The number of nitrogens with two attached hydrogens (primary N) is 2. The van der Waals surface area contributed by atoms with E-state index in [1.807, 2.05) is 0 Å². The lowest BCUT2D eigenvalue weighted by atomic mass is 10.0. The average Bonchev–Trinajstić information content (AvgIpc) is 1.96. The van der Waals surface area contributed by atoms with Crippen LogP contribution < -0.4 is 11.6 Å². The Bertz CT molecular complexity index is 177. The molecule has 0 saturated carbocycles. The van der Waals surface area contributed by atoms with Crippen LogP contribution in [0.2, 0.25) is 0 Å². The number of rotatable bonds is 1. The number of hydrogen-bond donors (Lipinski definition) is 2. The van der Waals surface area contributed by atoms with Crippen molar-refractivity contribution in [1.29, 1.82) is 0 Å². The predicted molar refractivity (Wildman–Crippen MR) is 54.7 cm³/mol. The highest BCUT2D eigenvalue weighted by atomic mass is 31.0. The van der Waals surface area contributed by atoms with Crippen molar-refractivity contribution in [2.75, 3.05) is 0 Å². The third-order valence-corrected chi connectivity index (χ3v) is 2.60. The van der Waals surface area contributed by atoms with Gasteiger partial charge in [-0.3, -0.25) is 4.78 Å². The normalized spacial score (nSPS) is 26.2. The van der Waals surface area contributed by atoms with E-state index in [4.69, 9.17) is 11.6 Å². The van der Waals surface area contributed by atoms with E-state index in [0.29, 0.717) is 0 Å². The first-order chi connectivity index (χ1) is 5.72. The fourth-order valence-electron chi connectivity index (χ4n) is 1.56. The Kier molecular flexibility index (Phi) is 3.83. The van der Waals surface area contributed by atoms with Crippen LogP contribution >= 0.6 is 9.39 Å². The first kappa shape index (κ1) is 9.82. The topological polar surface area (TPSA) is 55.3 Å². The maximum atomic E-state index is 5.89. The fraction of sp³-hybridized carbons (Fsp3) is 0.750. The number of hydrogen-bond acceptors (Lipinski definition) is 3. The molecule has 1 rings (SSSR count). The van der Waals surface area contributed by atoms with Crippen molar-refractivity contribution in [2.45, 2.75) is 38.5 Å². The molecule has 1 atom stereocenters. The van der Waals surface area contributed by atoms with Crippen LogP contribution in [0.25, 0.3) is 0 Å². The molecule has 1 unspecified atom stereocenters. The smallest absolute Gasteiger partial charge is 0.0513 e. The molecule has 4 heteroatoms. The Morgan fingerprint density at radius 3 is 2.25 bits per heavy atom. The van der Waals surface area contributed by atoms with Gasteiger partial charge in [-0.05, 0) is 35.1 Å². The highest BCUT2D eigenvalue weighted by Gasteiger charge is 2.09. The van der Waals surface area contributed by atoms with Crippen LogP contribution in [0.5, 0.6) is 0 Å². The van der Waals surface area contributed by atoms with E-state index in [1.54, 1.807) is 4.78 Å². The number of hydrazine groups is 1. The molecule has 0 saturated heterocycles. The zero-order valence-electron chi connectivity index (χ0n) is 7.42. The second kappa shape index (κ2) is 4.68. The maximum Gasteiger partial charge on any atom is 0.0513 e. The van der Waals surface area contributed by atoms with Crippen molar-refractivity contribution in [3.63, 3.8) is 0 Å². The van der Waals surface area contributed by atoms with Gasteiger partial charge in [0.05, 0.1) is 5.70 Å². The minimum atomic E-state index is 0.965. The highest BCUT2D eigenvalue weighted by Crippen LogP contribution is 2.22. The predicted octanol–water partition coefficient (Wildman–Crippen LogP) is 1.48. The molecule has 0 heterocycles. The van der Waals surface area contributed by atoms with Crippen molar-refractivity contribution in [3.05, 3.63) is 11.4 Å². The molecule has 0 fully saturated rings. The largest absolute Gasteiger partial charge is 0.401 e. The van der Waals surface area contributed by atoms with Crippen LogP contribution in [-0.2, 0) is 0 Å². The lowest BCUT2D eigenvalue weighted by molar-refractivity contribution is 0.511. The van der Waals surface area contributed by atoms with Crippen molar-refractivity contribution in [2.24, 2.45) is 11.6 Å². The lowest BCUT2D eigenvalue weighted by Gasteiger charge is -2.21. The summed E-state index contributed by atoms with van der Waals surface area (Å²) in [7, 11) is 2.46. The zero-order chi connectivity index (χ0) is 8.97. The Morgan fingerprint density at radius 2 is 1.67 bits per heavy atom. The Balaban J connectivity index is 2.66. The molecule has 0 aromatic rings. The van der Waals surface area contributed by atoms with E-state index < -0.39 is 0 Å². The fourth-order valence-corrected chi connectivity index (χ4v) is 1.86. The van der Waals surface area contributed by atoms with E-state index >= 15 is 0 Å². The summed E-state index contributed by atoms with van der Waals surface area (Å²) >= 11 is 0. The molecule has 3 nitrogen and oxygen atoms in total.